The number of hydrogen-bond donors (Lipinski definition) is 3. The number of nitrogens with zero attached hydrogens (tertiary/aromatic N) is 1. The van der Waals surface area contributed by atoms with Gasteiger partial charge in [0.1, 0.15) is 0 Å². The molecule has 1 fully saturated rings. The van der Waals surface area contributed by atoms with Crippen molar-refractivity contribution < 1.29 is 13.2 Å². The summed E-state index contributed by atoms with van der Waals surface area (Å²) in [4.78, 5) is 4.39. The molecule has 29 heavy (non-hydrogen) atoms. The van der Waals surface area contributed by atoms with Crippen molar-refractivity contribution >= 4 is 51.6 Å². The molecule has 1 saturated heterocycles. The largest absolute Gasteiger partial charge is 0.377 e. The zero-order valence-electron chi connectivity index (χ0n) is 17.0. The Labute approximate surface area is 196 Å². The van der Waals surface area contributed by atoms with Crippen LogP contribution in [0.4, 0.5) is 0 Å². The van der Waals surface area contributed by atoms with E-state index in [1.165, 1.54) is 0 Å². The Hall–Kier alpha value is -0.620. The molecule has 1 aromatic rings. The van der Waals surface area contributed by atoms with E-state index >= 15 is 0 Å². The van der Waals surface area contributed by atoms with Crippen molar-refractivity contribution in [3.63, 3.8) is 0 Å². The van der Waals surface area contributed by atoms with E-state index in [-0.39, 0.29) is 48.4 Å². The van der Waals surface area contributed by atoms with Gasteiger partial charge in [0.15, 0.2) is 5.96 Å². The lowest BCUT2D eigenvalue weighted by atomic mass is 10.1. The van der Waals surface area contributed by atoms with E-state index in [9.17, 15) is 8.42 Å². The maximum atomic E-state index is 12.2. The Morgan fingerprint density at radius 3 is 2.66 bits per heavy atom. The van der Waals surface area contributed by atoms with Crippen LogP contribution in [0, 0.1) is 0 Å². The molecular formula is C19H32ClIN4O3S. The molecule has 1 aliphatic rings. The summed E-state index contributed by atoms with van der Waals surface area (Å²) in [5, 5.41) is 7.11. The molecule has 0 spiro atoms. The van der Waals surface area contributed by atoms with Crippen LogP contribution < -0.4 is 15.4 Å². The second-order valence-electron chi connectivity index (χ2n) is 6.83. The average molecular weight is 559 g/mol. The summed E-state index contributed by atoms with van der Waals surface area (Å²) in [6, 6.07) is 7.59. The zero-order valence-corrected chi connectivity index (χ0v) is 20.9. The Bertz CT molecular complexity index is 725. The molecule has 0 bridgehead atoms. The predicted molar refractivity (Wildman–Crippen MR) is 130 cm³/mol. The Kier molecular flexibility index (Phi) is 12.4. The fourth-order valence-electron chi connectivity index (χ4n) is 2.90. The molecule has 3 N–H and O–H groups in total. The fraction of sp³-hybridized carbons (Fsp3) is 0.632. The van der Waals surface area contributed by atoms with Gasteiger partial charge in [-0.2, -0.15) is 0 Å². The topological polar surface area (TPSA) is 91.8 Å². The second-order valence-corrected chi connectivity index (χ2v) is 9.20. The average Bonchev–Trinajstić information content (AvgIpc) is 2.68. The maximum Gasteiger partial charge on any atom is 0.213 e. The van der Waals surface area contributed by atoms with Crippen LogP contribution >= 0.6 is 35.6 Å². The number of guanidine groups is 1. The molecule has 1 aromatic carbocycles. The minimum atomic E-state index is -3.38. The van der Waals surface area contributed by atoms with Gasteiger partial charge in [-0.15, -0.1) is 24.0 Å². The molecule has 1 heterocycles. The smallest absolute Gasteiger partial charge is 0.213 e. The normalized spacial score (nSPS) is 18.6. The number of rotatable bonds is 9. The van der Waals surface area contributed by atoms with E-state index in [0.717, 1.165) is 24.8 Å². The number of ether oxygens (including phenoxy) is 1. The number of nitrogens with one attached hydrogen (secondary N) is 3. The van der Waals surface area contributed by atoms with Crippen molar-refractivity contribution in [2.45, 2.75) is 45.3 Å². The second kappa shape index (κ2) is 13.6. The van der Waals surface area contributed by atoms with Crippen LogP contribution in [0.1, 0.15) is 44.7 Å². The molecule has 2 unspecified atom stereocenters. The number of hydrogen-bond acceptors (Lipinski definition) is 4. The van der Waals surface area contributed by atoms with Crippen molar-refractivity contribution in [1.29, 1.82) is 0 Å². The van der Waals surface area contributed by atoms with Crippen LogP contribution in [-0.2, 0) is 14.8 Å². The van der Waals surface area contributed by atoms with Crippen LogP contribution in [0.5, 0.6) is 0 Å². The lowest BCUT2D eigenvalue weighted by Crippen LogP contribution is -2.40. The standard InChI is InChI=1S/C19H31ClN4O3S.HI/c1-3-21-19(24-15(2)16-7-9-17(20)10-8-16)22-11-13-28(25,26)23-14-18-6-4-5-12-27-18;/h7-10,15,18,23H,3-6,11-14H2,1-2H3,(H2,21,22,24);1H. The van der Waals surface area contributed by atoms with Crippen LogP contribution in [0.25, 0.3) is 0 Å². The van der Waals surface area contributed by atoms with Gasteiger partial charge in [-0.05, 0) is 50.8 Å². The summed E-state index contributed by atoms with van der Waals surface area (Å²) in [6.45, 7) is 5.87. The van der Waals surface area contributed by atoms with Gasteiger partial charge in [0.2, 0.25) is 10.0 Å². The number of halogens is 2. The third-order valence-electron chi connectivity index (χ3n) is 4.50. The fourth-order valence-corrected chi connectivity index (χ4v) is 3.94. The van der Waals surface area contributed by atoms with Crippen molar-refractivity contribution in [2.24, 2.45) is 4.99 Å². The van der Waals surface area contributed by atoms with Crippen molar-refractivity contribution in [1.82, 2.24) is 15.4 Å². The van der Waals surface area contributed by atoms with Gasteiger partial charge in [-0.1, -0.05) is 23.7 Å². The van der Waals surface area contributed by atoms with E-state index in [0.29, 0.717) is 30.7 Å². The van der Waals surface area contributed by atoms with Crippen LogP contribution in [-0.4, -0.2) is 52.5 Å². The molecule has 2 atom stereocenters. The highest BCUT2D eigenvalue weighted by Crippen LogP contribution is 2.16. The molecule has 0 amide bonds. The Morgan fingerprint density at radius 1 is 1.31 bits per heavy atom. The molecule has 166 valence electrons. The summed E-state index contributed by atoms with van der Waals surface area (Å²) in [5.74, 6) is 0.516. The molecule has 1 aliphatic heterocycles. The quantitative estimate of drug-likeness (QED) is 0.246. The highest BCUT2D eigenvalue weighted by atomic mass is 127. The third-order valence-corrected chi connectivity index (χ3v) is 6.08. The minimum Gasteiger partial charge on any atom is -0.377 e. The van der Waals surface area contributed by atoms with Crippen LogP contribution in [0.3, 0.4) is 0 Å². The van der Waals surface area contributed by atoms with Gasteiger partial charge >= 0.3 is 0 Å². The number of aliphatic imine (C=N–C) groups is 1. The molecule has 7 nitrogen and oxygen atoms in total. The van der Waals surface area contributed by atoms with Gasteiger partial charge in [0.25, 0.3) is 0 Å². The highest BCUT2D eigenvalue weighted by molar-refractivity contribution is 14.0. The minimum absolute atomic E-state index is 0. The third kappa shape index (κ3) is 10.3. The molecular weight excluding hydrogens is 527 g/mol. The summed E-state index contributed by atoms with van der Waals surface area (Å²) in [6.07, 6.45) is 3.01. The van der Waals surface area contributed by atoms with Crippen molar-refractivity contribution in [2.75, 3.05) is 32.0 Å². The molecule has 2 rings (SSSR count). The number of sulfonamides is 1. The SMILES string of the molecule is CCNC(=NCCS(=O)(=O)NCC1CCCCO1)NC(C)c1ccc(Cl)cc1.I. The zero-order chi connectivity index (χ0) is 20.4. The first-order valence-corrected chi connectivity index (χ1v) is 11.8. The van der Waals surface area contributed by atoms with Gasteiger partial charge in [-0.3, -0.25) is 4.99 Å². The van der Waals surface area contributed by atoms with Gasteiger partial charge in [0.05, 0.1) is 24.4 Å². The molecule has 0 aromatic heterocycles. The van der Waals surface area contributed by atoms with Crippen molar-refractivity contribution in [3.8, 4) is 0 Å². The predicted octanol–water partition coefficient (Wildman–Crippen LogP) is 3.06. The van der Waals surface area contributed by atoms with E-state index in [1.54, 1.807) is 0 Å². The molecule has 0 radical (unpaired) electrons. The molecule has 10 heteroatoms. The Morgan fingerprint density at radius 2 is 2.03 bits per heavy atom. The van der Waals surface area contributed by atoms with Crippen LogP contribution in [0.2, 0.25) is 5.02 Å². The van der Waals surface area contributed by atoms with Gasteiger partial charge in [-0.25, -0.2) is 13.1 Å². The summed E-state index contributed by atoms with van der Waals surface area (Å²) < 4.78 is 32.6. The summed E-state index contributed by atoms with van der Waals surface area (Å²) >= 11 is 5.93. The van der Waals surface area contributed by atoms with E-state index in [2.05, 4.69) is 20.3 Å². The number of benzene rings is 1. The lowest BCUT2D eigenvalue weighted by molar-refractivity contribution is 0.0200. The first-order chi connectivity index (χ1) is 13.4. The first-order valence-electron chi connectivity index (χ1n) is 9.79. The first kappa shape index (κ1) is 26.4. The maximum absolute atomic E-state index is 12.2. The van der Waals surface area contributed by atoms with Gasteiger partial charge < -0.3 is 15.4 Å². The van der Waals surface area contributed by atoms with Crippen LogP contribution in [0.15, 0.2) is 29.3 Å². The van der Waals surface area contributed by atoms with E-state index in [1.807, 2.05) is 38.1 Å². The van der Waals surface area contributed by atoms with Crippen molar-refractivity contribution in [3.05, 3.63) is 34.9 Å². The molecule has 0 aliphatic carbocycles. The Balaban J connectivity index is 0.00000420. The molecule has 0 saturated carbocycles. The van der Waals surface area contributed by atoms with E-state index in [4.69, 9.17) is 16.3 Å². The lowest BCUT2D eigenvalue weighted by Gasteiger charge is -2.22. The highest BCUT2D eigenvalue weighted by Gasteiger charge is 2.17. The van der Waals surface area contributed by atoms with Gasteiger partial charge in [0, 0.05) is 24.7 Å². The summed E-state index contributed by atoms with van der Waals surface area (Å²) in [5.41, 5.74) is 1.07. The summed E-state index contributed by atoms with van der Waals surface area (Å²) in [7, 11) is -3.38. The van der Waals surface area contributed by atoms with E-state index < -0.39 is 10.0 Å². The monoisotopic (exact) mass is 558 g/mol.